The van der Waals surface area contributed by atoms with Gasteiger partial charge in [-0.05, 0) is 26.7 Å². The molecule has 18 heavy (non-hydrogen) atoms. The van der Waals surface area contributed by atoms with Gasteiger partial charge in [-0.3, -0.25) is 0 Å². The molecule has 1 aromatic heterocycles. The van der Waals surface area contributed by atoms with Gasteiger partial charge >= 0.3 is 6.01 Å². The number of nitrogens with one attached hydrogen (secondary N) is 1. The van der Waals surface area contributed by atoms with E-state index in [1.165, 1.54) is 13.3 Å². The van der Waals surface area contributed by atoms with Crippen LogP contribution in [-0.4, -0.2) is 36.3 Å². The lowest BCUT2D eigenvalue weighted by Crippen LogP contribution is -2.08. The van der Waals surface area contributed by atoms with Crippen LogP contribution in [0, 0.1) is 0 Å². The maximum Gasteiger partial charge on any atom is 0.318 e. The Hall–Kier alpha value is -1.07. The number of unbranched alkanes of at least 4 members (excludes halogenated alkanes) is 1. The SMILES string of the molecule is COc1ncc(Cl)c(NCCCCOC(C)C)n1. The fourth-order valence-electron chi connectivity index (χ4n) is 1.33. The summed E-state index contributed by atoms with van der Waals surface area (Å²) in [7, 11) is 1.52. The second-order valence-electron chi connectivity index (χ2n) is 4.11. The molecule has 0 aliphatic heterocycles. The van der Waals surface area contributed by atoms with Crippen LogP contribution in [0.3, 0.4) is 0 Å². The molecular formula is C12H20ClN3O2. The average Bonchev–Trinajstić information content (AvgIpc) is 2.35. The molecule has 0 amide bonds. The normalized spacial score (nSPS) is 10.7. The van der Waals surface area contributed by atoms with Crippen LogP contribution >= 0.6 is 11.6 Å². The summed E-state index contributed by atoms with van der Waals surface area (Å²) in [5.41, 5.74) is 0. The fourth-order valence-corrected chi connectivity index (χ4v) is 1.48. The Morgan fingerprint density at radius 1 is 1.39 bits per heavy atom. The molecule has 1 rings (SSSR count). The van der Waals surface area contributed by atoms with Gasteiger partial charge in [0.15, 0.2) is 5.82 Å². The molecule has 102 valence electrons. The lowest BCUT2D eigenvalue weighted by atomic mass is 10.3. The molecule has 0 bridgehead atoms. The zero-order valence-electron chi connectivity index (χ0n) is 11.1. The highest BCUT2D eigenvalue weighted by Gasteiger charge is 2.04. The number of nitrogens with zero attached hydrogens (tertiary/aromatic N) is 2. The van der Waals surface area contributed by atoms with Gasteiger partial charge in [0.25, 0.3) is 0 Å². The first-order valence-corrected chi connectivity index (χ1v) is 6.43. The highest BCUT2D eigenvalue weighted by Crippen LogP contribution is 2.19. The minimum Gasteiger partial charge on any atom is -0.467 e. The molecule has 1 heterocycles. The Bertz CT molecular complexity index is 361. The van der Waals surface area contributed by atoms with Crippen molar-refractivity contribution in [2.24, 2.45) is 0 Å². The van der Waals surface area contributed by atoms with Crippen LogP contribution in [0.15, 0.2) is 6.20 Å². The van der Waals surface area contributed by atoms with E-state index >= 15 is 0 Å². The van der Waals surface area contributed by atoms with E-state index < -0.39 is 0 Å². The first kappa shape index (κ1) is 15.0. The number of hydrogen-bond donors (Lipinski definition) is 1. The quantitative estimate of drug-likeness (QED) is 0.738. The predicted octanol–water partition coefficient (Wildman–Crippen LogP) is 2.76. The van der Waals surface area contributed by atoms with Crippen molar-refractivity contribution in [2.75, 3.05) is 25.6 Å². The molecule has 0 aromatic carbocycles. The molecule has 5 nitrogen and oxygen atoms in total. The molecule has 0 spiro atoms. The minimum atomic E-state index is 0.290. The highest BCUT2D eigenvalue weighted by molar-refractivity contribution is 6.32. The van der Waals surface area contributed by atoms with Crippen molar-refractivity contribution >= 4 is 17.4 Å². The zero-order valence-corrected chi connectivity index (χ0v) is 11.8. The van der Waals surface area contributed by atoms with Crippen molar-refractivity contribution < 1.29 is 9.47 Å². The Morgan fingerprint density at radius 3 is 2.83 bits per heavy atom. The molecule has 6 heteroatoms. The predicted molar refractivity (Wildman–Crippen MR) is 72.4 cm³/mol. The monoisotopic (exact) mass is 273 g/mol. The van der Waals surface area contributed by atoms with Crippen LogP contribution in [0.5, 0.6) is 6.01 Å². The summed E-state index contributed by atoms with van der Waals surface area (Å²) < 4.78 is 10.4. The zero-order chi connectivity index (χ0) is 13.4. The lowest BCUT2D eigenvalue weighted by molar-refractivity contribution is 0.0765. The summed E-state index contributed by atoms with van der Waals surface area (Å²) in [6, 6.07) is 0.310. The lowest BCUT2D eigenvalue weighted by Gasteiger charge is -2.09. The first-order chi connectivity index (χ1) is 8.63. The summed E-state index contributed by atoms with van der Waals surface area (Å²) in [5.74, 6) is 0.605. The van der Waals surface area contributed by atoms with E-state index in [0.717, 1.165) is 26.0 Å². The molecule has 1 aromatic rings. The highest BCUT2D eigenvalue weighted by atomic mass is 35.5. The molecule has 0 saturated carbocycles. The molecule has 0 radical (unpaired) electrons. The van der Waals surface area contributed by atoms with Gasteiger partial charge in [0.2, 0.25) is 0 Å². The number of halogens is 1. The molecule has 0 saturated heterocycles. The summed E-state index contributed by atoms with van der Waals surface area (Å²) in [6.45, 7) is 5.64. The Balaban J connectivity index is 2.26. The van der Waals surface area contributed by atoms with Gasteiger partial charge in [-0.2, -0.15) is 4.98 Å². The van der Waals surface area contributed by atoms with Crippen molar-refractivity contribution in [3.63, 3.8) is 0 Å². The fraction of sp³-hybridized carbons (Fsp3) is 0.667. The largest absolute Gasteiger partial charge is 0.467 e. The third kappa shape index (κ3) is 5.51. The molecular weight excluding hydrogens is 254 g/mol. The number of rotatable bonds is 8. The van der Waals surface area contributed by atoms with Crippen LogP contribution in [0.1, 0.15) is 26.7 Å². The Labute approximate surface area is 113 Å². The Morgan fingerprint density at radius 2 is 2.17 bits per heavy atom. The van der Waals surface area contributed by atoms with E-state index in [2.05, 4.69) is 15.3 Å². The second kappa shape index (κ2) is 8.11. The van der Waals surface area contributed by atoms with E-state index in [1.54, 1.807) is 0 Å². The topological polar surface area (TPSA) is 56.3 Å². The van der Waals surface area contributed by atoms with E-state index in [9.17, 15) is 0 Å². The minimum absolute atomic E-state index is 0.290. The molecule has 1 N–H and O–H groups in total. The van der Waals surface area contributed by atoms with E-state index in [0.29, 0.717) is 23.0 Å². The number of anilines is 1. The van der Waals surface area contributed by atoms with E-state index in [1.807, 2.05) is 13.8 Å². The van der Waals surface area contributed by atoms with Gasteiger partial charge in [0.05, 0.1) is 19.4 Å². The number of hydrogen-bond acceptors (Lipinski definition) is 5. The van der Waals surface area contributed by atoms with Crippen LogP contribution < -0.4 is 10.1 Å². The van der Waals surface area contributed by atoms with Crippen molar-refractivity contribution in [2.45, 2.75) is 32.8 Å². The maximum atomic E-state index is 5.97. The van der Waals surface area contributed by atoms with Gasteiger partial charge in [0.1, 0.15) is 5.02 Å². The molecule has 0 fully saturated rings. The number of methoxy groups -OCH3 is 1. The number of ether oxygens (including phenoxy) is 2. The standard InChI is InChI=1S/C12H20ClN3O2/c1-9(2)18-7-5-4-6-14-11-10(13)8-15-12(16-11)17-3/h8-9H,4-7H2,1-3H3,(H,14,15,16). The first-order valence-electron chi connectivity index (χ1n) is 6.05. The van der Waals surface area contributed by atoms with Gasteiger partial charge in [-0.25, -0.2) is 4.98 Å². The Kier molecular flexibility index (Phi) is 6.75. The molecule has 0 aliphatic rings. The van der Waals surface area contributed by atoms with Crippen LogP contribution in [-0.2, 0) is 4.74 Å². The molecule has 0 aliphatic carbocycles. The smallest absolute Gasteiger partial charge is 0.318 e. The second-order valence-corrected chi connectivity index (χ2v) is 4.51. The van der Waals surface area contributed by atoms with Crippen molar-refractivity contribution in [1.29, 1.82) is 0 Å². The van der Waals surface area contributed by atoms with Crippen molar-refractivity contribution in [3.05, 3.63) is 11.2 Å². The van der Waals surface area contributed by atoms with Crippen LogP contribution in [0.2, 0.25) is 5.02 Å². The van der Waals surface area contributed by atoms with Crippen molar-refractivity contribution in [1.82, 2.24) is 9.97 Å². The third-order valence-corrected chi connectivity index (χ3v) is 2.50. The molecule has 0 atom stereocenters. The van der Waals surface area contributed by atoms with E-state index in [4.69, 9.17) is 21.1 Å². The summed E-state index contributed by atoms with van der Waals surface area (Å²) >= 11 is 5.97. The van der Waals surface area contributed by atoms with Gasteiger partial charge in [-0.1, -0.05) is 11.6 Å². The summed E-state index contributed by atoms with van der Waals surface area (Å²) in [4.78, 5) is 8.04. The van der Waals surface area contributed by atoms with Gasteiger partial charge < -0.3 is 14.8 Å². The number of aromatic nitrogens is 2. The third-order valence-electron chi connectivity index (χ3n) is 2.22. The average molecular weight is 274 g/mol. The van der Waals surface area contributed by atoms with Gasteiger partial charge in [-0.15, -0.1) is 0 Å². The van der Waals surface area contributed by atoms with Crippen LogP contribution in [0.4, 0.5) is 5.82 Å². The van der Waals surface area contributed by atoms with Gasteiger partial charge in [0, 0.05) is 13.2 Å². The molecule has 0 unspecified atom stereocenters. The van der Waals surface area contributed by atoms with Crippen molar-refractivity contribution in [3.8, 4) is 6.01 Å². The summed E-state index contributed by atoms with van der Waals surface area (Å²) in [5, 5.41) is 3.65. The van der Waals surface area contributed by atoms with Crippen LogP contribution in [0.25, 0.3) is 0 Å². The van der Waals surface area contributed by atoms with E-state index in [-0.39, 0.29) is 0 Å². The maximum absolute atomic E-state index is 5.97. The summed E-state index contributed by atoms with van der Waals surface area (Å²) in [6.07, 6.45) is 3.82.